The lowest BCUT2D eigenvalue weighted by Crippen LogP contribution is -2.07. The fraction of sp³-hybridized carbons (Fsp3) is 0.154. The van der Waals surface area contributed by atoms with Crippen molar-refractivity contribution in [2.24, 2.45) is 0 Å². The number of hydrogen-bond donors (Lipinski definition) is 0. The van der Waals surface area contributed by atoms with Gasteiger partial charge in [-0.05, 0) is 43.5 Å². The van der Waals surface area contributed by atoms with E-state index in [2.05, 4.69) is 23.2 Å². The van der Waals surface area contributed by atoms with E-state index in [4.69, 9.17) is 4.98 Å². The van der Waals surface area contributed by atoms with E-state index in [-0.39, 0.29) is 11.5 Å². The van der Waals surface area contributed by atoms with Gasteiger partial charge in [-0.25, -0.2) is 4.98 Å². The molecule has 0 saturated heterocycles. The van der Waals surface area contributed by atoms with Gasteiger partial charge in [-0.3, -0.25) is 4.79 Å². The van der Waals surface area contributed by atoms with Crippen LogP contribution < -0.4 is 0 Å². The zero-order chi connectivity index (χ0) is 21.8. The van der Waals surface area contributed by atoms with Crippen molar-refractivity contribution in [2.75, 3.05) is 5.75 Å². The fourth-order valence-electron chi connectivity index (χ4n) is 3.43. The molecule has 0 spiro atoms. The van der Waals surface area contributed by atoms with Gasteiger partial charge in [-0.2, -0.15) is 0 Å². The zero-order valence-electron chi connectivity index (χ0n) is 17.8. The highest BCUT2D eigenvalue weighted by atomic mass is 32.2. The molecule has 4 aromatic rings. The molecule has 0 aliphatic carbocycles. The van der Waals surface area contributed by atoms with Gasteiger partial charge in [0.25, 0.3) is 0 Å². The van der Waals surface area contributed by atoms with Crippen molar-refractivity contribution in [2.45, 2.75) is 25.9 Å². The highest BCUT2D eigenvalue weighted by Crippen LogP contribution is 2.30. The second-order valence-corrected chi connectivity index (χ2v) is 8.43. The van der Waals surface area contributed by atoms with E-state index in [1.54, 1.807) is 0 Å². The largest absolute Gasteiger partial charge is 0.293 e. The maximum Gasteiger partial charge on any atom is 0.210 e. The molecule has 1 heterocycles. The molecule has 0 N–H and O–H groups in total. The van der Waals surface area contributed by atoms with Gasteiger partial charge in [-0.15, -0.1) is 10.2 Å². The molecule has 0 fully saturated rings. The lowest BCUT2D eigenvalue weighted by atomic mass is 9.99. The Hall–Kier alpha value is -3.31. The van der Waals surface area contributed by atoms with Gasteiger partial charge in [0.2, 0.25) is 5.16 Å². The van der Waals surface area contributed by atoms with E-state index in [1.165, 1.54) is 17.3 Å². The molecule has 0 amide bonds. The minimum atomic E-state index is 0.0718. The minimum Gasteiger partial charge on any atom is -0.293 e. The van der Waals surface area contributed by atoms with E-state index in [0.717, 1.165) is 39.2 Å². The molecular formula is C26H23N3OS. The lowest BCUT2D eigenvalue weighted by molar-refractivity contribution is 0.102. The molecule has 5 heteroatoms. The topological polar surface area (TPSA) is 55.7 Å². The molecule has 0 aliphatic heterocycles. The van der Waals surface area contributed by atoms with Crippen molar-refractivity contribution >= 4 is 17.5 Å². The Morgan fingerprint density at radius 2 is 1.32 bits per heavy atom. The number of hydrogen-bond acceptors (Lipinski definition) is 5. The van der Waals surface area contributed by atoms with Crippen LogP contribution in [0.3, 0.4) is 0 Å². The highest BCUT2D eigenvalue weighted by Gasteiger charge is 2.16. The molecule has 4 nitrogen and oxygen atoms in total. The molecule has 0 bridgehead atoms. The molecule has 1 aromatic heterocycles. The van der Waals surface area contributed by atoms with Crippen LogP contribution >= 0.6 is 11.8 Å². The first-order valence-electron chi connectivity index (χ1n) is 10.1. The van der Waals surface area contributed by atoms with Crippen LogP contribution in [0.4, 0.5) is 0 Å². The van der Waals surface area contributed by atoms with E-state index in [0.29, 0.717) is 5.16 Å². The van der Waals surface area contributed by atoms with Gasteiger partial charge in [-0.1, -0.05) is 78.5 Å². The third-order valence-electron chi connectivity index (χ3n) is 5.24. The predicted molar refractivity (Wildman–Crippen MR) is 126 cm³/mol. The summed E-state index contributed by atoms with van der Waals surface area (Å²) in [4.78, 5) is 17.6. The van der Waals surface area contributed by atoms with E-state index >= 15 is 0 Å². The van der Waals surface area contributed by atoms with Crippen molar-refractivity contribution < 1.29 is 4.79 Å². The SMILES string of the molecule is Cc1cc(C)c(C(=O)CSc2nnc(-c3ccccc3)c(-c3ccccc3)n2)cc1C. The van der Waals surface area contributed by atoms with Crippen LogP contribution in [0.15, 0.2) is 78.0 Å². The standard InChI is InChI=1S/C26H23N3OS/c1-17-14-19(3)22(15-18(17)2)23(30)16-31-26-27-24(20-10-6-4-7-11-20)25(28-29-26)21-12-8-5-9-13-21/h4-15H,16H2,1-3H3. The number of Topliss-reactive ketones (excluding diaryl/α,β-unsaturated/α-hetero) is 1. The number of aryl methyl sites for hydroxylation is 3. The average Bonchev–Trinajstić information content (AvgIpc) is 2.81. The quantitative estimate of drug-likeness (QED) is 0.276. The first kappa shape index (κ1) is 20.9. The van der Waals surface area contributed by atoms with Crippen molar-refractivity contribution in [3.05, 3.63) is 95.1 Å². The van der Waals surface area contributed by atoms with Gasteiger partial charge in [0.1, 0.15) is 11.4 Å². The van der Waals surface area contributed by atoms with E-state index < -0.39 is 0 Å². The minimum absolute atomic E-state index is 0.0718. The van der Waals surface area contributed by atoms with Crippen LogP contribution in [0, 0.1) is 20.8 Å². The summed E-state index contributed by atoms with van der Waals surface area (Å²) >= 11 is 1.32. The third kappa shape index (κ3) is 4.72. The Labute approximate surface area is 186 Å². The number of benzene rings is 3. The maximum absolute atomic E-state index is 12.8. The molecule has 3 aromatic carbocycles. The first-order chi connectivity index (χ1) is 15.0. The van der Waals surface area contributed by atoms with Gasteiger partial charge in [0.05, 0.1) is 5.75 Å². The van der Waals surface area contributed by atoms with Crippen LogP contribution in [0.1, 0.15) is 27.0 Å². The number of aromatic nitrogens is 3. The highest BCUT2D eigenvalue weighted by molar-refractivity contribution is 7.99. The monoisotopic (exact) mass is 425 g/mol. The number of rotatable bonds is 6. The summed E-state index contributed by atoms with van der Waals surface area (Å²) in [5.74, 6) is 0.340. The first-order valence-corrected chi connectivity index (χ1v) is 11.1. The second-order valence-electron chi connectivity index (χ2n) is 7.49. The Morgan fingerprint density at radius 1 is 0.742 bits per heavy atom. The van der Waals surface area contributed by atoms with Crippen LogP contribution in [-0.4, -0.2) is 26.7 Å². The molecule has 0 atom stereocenters. The normalized spacial score (nSPS) is 10.8. The van der Waals surface area contributed by atoms with Crippen molar-refractivity contribution in [1.82, 2.24) is 15.2 Å². The molecule has 0 saturated carbocycles. The maximum atomic E-state index is 12.8. The summed E-state index contributed by atoms with van der Waals surface area (Å²) in [6.07, 6.45) is 0. The molecule has 0 radical (unpaired) electrons. The summed E-state index contributed by atoms with van der Waals surface area (Å²) in [7, 11) is 0. The molecule has 0 aliphatic rings. The summed E-state index contributed by atoms with van der Waals surface area (Å²) in [6, 6.07) is 23.9. The van der Waals surface area contributed by atoms with Gasteiger partial charge in [0, 0.05) is 16.7 Å². The third-order valence-corrected chi connectivity index (χ3v) is 6.07. The summed E-state index contributed by atoms with van der Waals surface area (Å²) in [5, 5.41) is 9.28. The molecule has 31 heavy (non-hydrogen) atoms. The predicted octanol–water partition coefficient (Wildman–Crippen LogP) is 6.11. The zero-order valence-corrected chi connectivity index (χ0v) is 18.6. The van der Waals surface area contributed by atoms with E-state index in [9.17, 15) is 4.79 Å². The van der Waals surface area contributed by atoms with Gasteiger partial charge in [0.15, 0.2) is 5.78 Å². The number of ketones is 1. The number of nitrogens with zero attached hydrogens (tertiary/aromatic N) is 3. The Bertz CT molecular complexity index is 1220. The van der Waals surface area contributed by atoms with Crippen molar-refractivity contribution in [1.29, 1.82) is 0 Å². The summed E-state index contributed by atoms with van der Waals surface area (Å²) in [5.41, 5.74) is 7.49. The molecule has 0 unspecified atom stereocenters. The molecular weight excluding hydrogens is 402 g/mol. The van der Waals surface area contributed by atoms with Crippen LogP contribution in [-0.2, 0) is 0 Å². The van der Waals surface area contributed by atoms with Crippen molar-refractivity contribution in [3.63, 3.8) is 0 Å². The fourth-order valence-corrected chi connectivity index (χ4v) is 4.10. The van der Waals surface area contributed by atoms with E-state index in [1.807, 2.05) is 80.6 Å². The van der Waals surface area contributed by atoms with Crippen molar-refractivity contribution in [3.8, 4) is 22.5 Å². The van der Waals surface area contributed by atoms with Gasteiger partial charge < -0.3 is 0 Å². The average molecular weight is 426 g/mol. The number of carbonyl (C=O) groups excluding carboxylic acids is 1. The lowest BCUT2D eigenvalue weighted by Gasteiger charge is -2.10. The Morgan fingerprint density at radius 3 is 1.97 bits per heavy atom. The Balaban J connectivity index is 1.63. The van der Waals surface area contributed by atoms with Crippen LogP contribution in [0.2, 0.25) is 0 Å². The summed E-state index contributed by atoms with van der Waals surface area (Å²) < 4.78 is 0. The van der Waals surface area contributed by atoms with Crippen LogP contribution in [0.25, 0.3) is 22.5 Å². The Kier molecular flexibility index (Phi) is 6.23. The smallest absolute Gasteiger partial charge is 0.210 e. The second kappa shape index (κ2) is 9.23. The molecule has 4 rings (SSSR count). The number of carbonyl (C=O) groups is 1. The van der Waals surface area contributed by atoms with Crippen LogP contribution in [0.5, 0.6) is 0 Å². The molecule has 154 valence electrons. The number of thioether (sulfide) groups is 1. The van der Waals surface area contributed by atoms with Gasteiger partial charge >= 0.3 is 0 Å². The summed E-state index contributed by atoms with van der Waals surface area (Å²) in [6.45, 7) is 6.06.